The largest absolute Gasteiger partial charge is 0.445 e. The Labute approximate surface area is 142 Å². The molecule has 1 heterocycles. The number of ketones is 1. The number of hydrogen-bond donors (Lipinski definition) is 0. The molecule has 0 N–H and O–H groups in total. The molecular weight excluding hydrogens is 308 g/mol. The summed E-state index contributed by atoms with van der Waals surface area (Å²) in [5, 5.41) is 0. The lowest BCUT2D eigenvalue weighted by atomic mass is 10.1. The van der Waals surface area contributed by atoms with Gasteiger partial charge in [0.2, 0.25) is 0 Å². The second-order valence-corrected chi connectivity index (χ2v) is 5.93. The number of hydrogen-bond acceptors (Lipinski definition) is 5. The van der Waals surface area contributed by atoms with E-state index in [0.29, 0.717) is 19.7 Å². The van der Waals surface area contributed by atoms with Crippen molar-refractivity contribution in [3.8, 4) is 0 Å². The fraction of sp³-hybridized carbons (Fsp3) is 0.444. The molecule has 1 unspecified atom stereocenters. The molecule has 1 aromatic rings. The first kappa shape index (κ1) is 18.0. The van der Waals surface area contributed by atoms with Gasteiger partial charge in [0.1, 0.15) is 6.61 Å². The zero-order valence-electron chi connectivity index (χ0n) is 14.2. The minimum absolute atomic E-state index is 0.0202. The van der Waals surface area contributed by atoms with Crippen molar-refractivity contribution in [1.29, 1.82) is 0 Å². The van der Waals surface area contributed by atoms with Crippen LogP contribution in [-0.4, -0.2) is 61.6 Å². The molecule has 0 spiro atoms. The van der Waals surface area contributed by atoms with Gasteiger partial charge in [-0.25, -0.2) is 4.79 Å². The van der Waals surface area contributed by atoms with Crippen LogP contribution < -0.4 is 0 Å². The van der Waals surface area contributed by atoms with Crippen LogP contribution in [0.3, 0.4) is 0 Å². The molecule has 130 valence electrons. The van der Waals surface area contributed by atoms with Gasteiger partial charge < -0.3 is 19.3 Å². The van der Waals surface area contributed by atoms with E-state index in [-0.39, 0.29) is 31.0 Å². The van der Waals surface area contributed by atoms with Crippen LogP contribution in [-0.2, 0) is 20.9 Å². The van der Waals surface area contributed by atoms with Crippen molar-refractivity contribution in [2.24, 2.45) is 0 Å². The smallest absolute Gasteiger partial charge is 0.410 e. The van der Waals surface area contributed by atoms with Gasteiger partial charge in [-0.15, -0.1) is 0 Å². The summed E-state index contributed by atoms with van der Waals surface area (Å²) in [7, 11) is 3.71. The minimum atomic E-state index is -0.372. The monoisotopic (exact) mass is 332 g/mol. The molecule has 0 aromatic heterocycles. The van der Waals surface area contributed by atoms with Crippen LogP contribution in [0.2, 0.25) is 0 Å². The number of morpholine rings is 1. The molecule has 1 fully saturated rings. The Kier molecular flexibility index (Phi) is 6.81. The van der Waals surface area contributed by atoms with E-state index >= 15 is 0 Å². The van der Waals surface area contributed by atoms with Gasteiger partial charge in [-0.1, -0.05) is 30.3 Å². The van der Waals surface area contributed by atoms with E-state index in [4.69, 9.17) is 9.47 Å². The number of carbonyl (C=O) groups excluding carboxylic acids is 2. The van der Waals surface area contributed by atoms with E-state index in [1.54, 1.807) is 16.0 Å². The zero-order valence-corrected chi connectivity index (χ0v) is 14.2. The Morgan fingerprint density at radius 1 is 1.33 bits per heavy atom. The van der Waals surface area contributed by atoms with E-state index in [1.807, 2.05) is 44.4 Å². The Bertz CT molecular complexity index is 572. The maximum absolute atomic E-state index is 12.2. The summed E-state index contributed by atoms with van der Waals surface area (Å²) in [5.41, 5.74) is 0.944. The van der Waals surface area contributed by atoms with Crippen molar-refractivity contribution in [3.05, 3.63) is 48.2 Å². The maximum atomic E-state index is 12.2. The molecule has 0 saturated carbocycles. The first-order valence-electron chi connectivity index (χ1n) is 7.99. The van der Waals surface area contributed by atoms with Gasteiger partial charge in [0.15, 0.2) is 5.78 Å². The molecule has 0 aliphatic carbocycles. The summed E-state index contributed by atoms with van der Waals surface area (Å²) in [5.74, 6) is -0.0202. The van der Waals surface area contributed by atoms with Crippen LogP contribution in [0.5, 0.6) is 0 Å². The molecule has 6 heteroatoms. The Morgan fingerprint density at radius 3 is 2.79 bits per heavy atom. The van der Waals surface area contributed by atoms with E-state index in [1.165, 1.54) is 6.08 Å². The first-order chi connectivity index (χ1) is 11.5. The number of rotatable bonds is 6. The zero-order chi connectivity index (χ0) is 17.4. The normalized spacial score (nSPS) is 17.8. The number of amides is 1. The van der Waals surface area contributed by atoms with Crippen molar-refractivity contribution in [2.75, 3.05) is 33.8 Å². The fourth-order valence-electron chi connectivity index (χ4n) is 2.34. The molecule has 2 rings (SSSR count). The third-order valence-corrected chi connectivity index (χ3v) is 3.59. The first-order valence-corrected chi connectivity index (χ1v) is 7.99. The topological polar surface area (TPSA) is 59.1 Å². The van der Waals surface area contributed by atoms with Crippen LogP contribution in [0.25, 0.3) is 0 Å². The number of allylic oxidation sites excluding steroid dienone is 1. The molecule has 0 bridgehead atoms. The van der Waals surface area contributed by atoms with Crippen molar-refractivity contribution >= 4 is 11.9 Å². The Hall–Kier alpha value is -2.34. The van der Waals surface area contributed by atoms with Gasteiger partial charge >= 0.3 is 6.09 Å². The molecule has 1 aromatic carbocycles. The van der Waals surface area contributed by atoms with Crippen molar-refractivity contribution in [3.63, 3.8) is 0 Å². The third kappa shape index (κ3) is 6.04. The van der Waals surface area contributed by atoms with Crippen molar-refractivity contribution in [2.45, 2.75) is 19.1 Å². The predicted octanol–water partition coefficient (Wildman–Crippen LogP) is 2.06. The quantitative estimate of drug-likeness (QED) is 0.746. The van der Waals surface area contributed by atoms with E-state index in [2.05, 4.69) is 0 Å². The number of benzene rings is 1. The third-order valence-electron chi connectivity index (χ3n) is 3.59. The number of ether oxygens (including phenoxy) is 2. The molecular formula is C18H24N2O4. The van der Waals surface area contributed by atoms with Crippen molar-refractivity contribution < 1.29 is 19.1 Å². The SMILES string of the molecule is CN(C)C=CC(=O)CC1CN(C(=O)OCc2ccccc2)CCO1. The lowest BCUT2D eigenvalue weighted by Gasteiger charge is -2.31. The Balaban J connectivity index is 1.79. The highest BCUT2D eigenvalue weighted by Crippen LogP contribution is 2.12. The lowest BCUT2D eigenvalue weighted by molar-refractivity contribution is -0.119. The van der Waals surface area contributed by atoms with Crippen LogP contribution >= 0.6 is 0 Å². The molecule has 6 nitrogen and oxygen atoms in total. The van der Waals surface area contributed by atoms with Gasteiger partial charge in [-0.05, 0) is 11.6 Å². The summed E-state index contributed by atoms with van der Waals surface area (Å²) in [6, 6.07) is 9.54. The van der Waals surface area contributed by atoms with Crippen LogP contribution in [0.4, 0.5) is 4.79 Å². The van der Waals surface area contributed by atoms with Crippen molar-refractivity contribution in [1.82, 2.24) is 9.80 Å². The molecule has 1 saturated heterocycles. The van der Waals surface area contributed by atoms with Crippen LogP contribution in [0.15, 0.2) is 42.6 Å². The summed E-state index contributed by atoms with van der Waals surface area (Å²) < 4.78 is 10.9. The molecule has 1 aliphatic heterocycles. The molecule has 1 atom stereocenters. The average Bonchev–Trinajstić information content (AvgIpc) is 2.59. The number of carbonyl (C=O) groups is 2. The second kappa shape index (κ2) is 9.08. The Morgan fingerprint density at radius 2 is 2.08 bits per heavy atom. The fourth-order valence-corrected chi connectivity index (χ4v) is 2.34. The summed E-state index contributed by atoms with van der Waals surface area (Å²) in [6.07, 6.45) is 2.82. The van der Waals surface area contributed by atoms with E-state index in [0.717, 1.165) is 5.56 Å². The van der Waals surface area contributed by atoms with Gasteiger partial charge in [0.25, 0.3) is 0 Å². The standard InChI is InChI=1S/C18H24N2O4/c1-19(2)9-8-16(21)12-17-13-20(10-11-23-17)18(22)24-14-15-6-4-3-5-7-15/h3-9,17H,10-14H2,1-2H3. The molecule has 1 aliphatic rings. The second-order valence-electron chi connectivity index (χ2n) is 5.93. The molecule has 0 radical (unpaired) electrons. The average molecular weight is 332 g/mol. The van der Waals surface area contributed by atoms with Gasteiger partial charge in [-0.2, -0.15) is 0 Å². The van der Waals surface area contributed by atoms with Gasteiger partial charge in [0, 0.05) is 33.3 Å². The van der Waals surface area contributed by atoms with E-state index in [9.17, 15) is 9.59 Å². The number of nitrogens with zero attached hydrogens (tertiary/aromatic N) is 2. The highest BCUT2D eigenvalue weighted by molar-refractivity contribution is 5.89. The predicted molar refractivity (Wildman–Crippen MR) is 90.4 cm³/mol. The van der Waals surface area contributed by atoms with E-state index < -0.39 is 0 Å². The summed E-state index contributed by atoms with van der Waals surface area (Å²) >= 11 is 0. The lowest BCUT2D eigenvalue weighted by Crippen LogP contribution is -2.46. The van der Waals surface area contributed by atoms with Crippen LogP contribution in [0, 0.1) is 0 Å². The van der Waals surface area contributed by atoms with Gasteiger partial charge in [-0.3, -0.25) is 4.79 Å². The molecule has 24 heavy (non-hydrogen) atoms. The maximum Gasteiger partial charge on any atom is 0.410 e. The minimum Gasteiger partial charge on any atom is -0.445 e. The van der Waals surface area contributed by atoms with Gasteiger partial charge in [0.05, 0.1) is 19.3 Å². The summed E-state index contributed by atoms with van der Waals surface area (Å²) in [4.78, 5) is 27.4. The highest BCUT2D eigenvalue weighted by atomic mass is 16.6. The summed E-state index contributed by atoms with van der Waals surface area (Å²) in [6.45, 7) is 1.50. The molecule has 1 amide bonds. The highest BCUT2D eigenvalue weighted by Gasteiger charge is 2.26. The van der Waals surface area contributed by atoms with Crippen LogP contribution in [0.1, 0.15) is 12.0 Å².